The molecular formula is C11H19N3O2. The Morgan fingerprint density at radius 3 is 2.88 bits per heavy atom. The number of oxime groups is 1. The highest BCUT2D eigenvalue weighted by Crippen LogP contribution is 2.42. The van der Waals surface area contributed by atoms with Crippen molar-refractivity contribution in [3.63, 3.8) is 0 Å². The van der Waals surface area contributed by atoms with Gasteiger partial charge in [0.1, 0.15) is 0 Å². The van der Waals surface area contributed by atoms with Crippen LogP contribution < -0.4 is 5.43 Å². The summed E-state index contributed by atoms with van der Waals surface area (Å²) in [6.45, 7) is 3.43. The lowest BCUT2D eigenvalue weighted by Gasteiger charge is -2.33. The molecule has 2 saturated carbocycles. The average molecular weight is 225 g/mol. The highest BCUT2D eigenvalue weighted by Gasteiger charge is 2.46. The molecule has 3 aliphatic rings. The summed E-state index contributed by atoms with van der Waals surface area (Å²) in [6, 6.07) is 0.266. The van der Waals surface area contributed by atoms with E-state index in [1.54, 1.807) is 0 Å². The van der Waals surface area contributed by atoms with Gasteiger partial charge in [-0.2, -0.15) is 0 Å². The van der Waals surface area contributed by atoms with Crippen LogP contribution in [0.4, 0.5) is 0 Å². The van der Waals surface area contributed by atoms with Crippen molar-refractivity contribution in [2.24, 2.45) is 17.0 Å². The molecule has 3 atom stereocenters. The van der Waals surface area contributed by atoms with E-state index < -0.39 is 0 Å². The summed E-state index contributed by atoms with van der Waals surface area (Å²) in [6.07, 6.45) is 3.67. The molecule has 1 aliphatic heterocycles. The van der Waals surface area contributed by atoms with Crippen LogP contribution in [0.3, 0.4) is 0 Å². The Morgan fingerprint density at radius 1 is 1.31 bits per heavy atom. The number of fused-ring (bicyclic) bond motifs is 2. The Balaban J connectivity index is 1.65. The van der Waals surface area contributed by atoms with Crippen LogP contribution in [-0.4, -0.2) is 48.3 Å². The number of hydrogen-bond donors (Lipinski definition) is 2. The number of nitrogens with one attached hydrogen (secondary N) is 1. The van der Waals surface area contributed by atoms with Gasteiger partial charge in [-0.1, -0.05) is 5.16 Å². The van der Waals surface area contributed by atoms with Crippen molar-refractivity contribution in [2.75, 3.05) is 26.3 Å². The molecule has 0 aromatic rings. The van der Waals surface area contributed by atoms with Crippen molar-refractivity contribution in [3.8, 4) is 0 Å². The van der Waals surface area contributed by atoms with Crippen LogP contribution in [0.15, 0.2) is 5.16 Å². The molecule has 0 amide bonds. The third-order valence-electron chi connectivity index (χ3n) is 4.13. The van der Waals surface area contributed by atoms with Gasteiger partial charge in [-0.05, 0) is 25.2 Å². The minimum atomic E-state index is 0.266. The van der Waals surface area contributed by atoms with E-state index in [0.29, 0.717) is 11.8 Å². The normalized spacial score (nSPS) is 42.0. The SMILES string of the molecule is O/N=C1\[C@H]2CC[C@@H](C2)[C@H]1NN1CCOCC1. The molecule has 2 bridgehead atoms. The Labute approximate surface area is 95.4 Å². The van der Waals surface area contributed by atoms with E-state index in [4.69, 9.17) is 9.94 Å². The largest absolute Gasteiger partial charge is 0.411 e. The fraction of sp³-hybridized carbons (Fsp3) is 0.909. The van der Waals surface area contributed by atoms with Gasteiger partial charge in [0.15, 0.2) is 0 Å². The van der Waals surface area contributed by atoms with Gasteiger partial charge in [0.2, 0.25) is 0 Å². The highest BCUT2D eigenvalue weighted by molar-refractivity contribution is 5.94. The summed E-state index contributed by atoms with van der Waals surface area (Å²) in [4.78, 5) is 0. The lowest BCUT2D eigenvalue weighted by Crippen LogP contribution is -2.54. The summed E-state index contributed by atoms with van der Waals surface area (Å²) < 4.78 is 5.32. The molecule has 0 aromatic heterocycles. The molecule has 0 radical (unpaired) electrons. The molecule has 1 saturated heterocycles. The number of ether oxygens (including phenoxy) is 1. The van der Waals surface area contributed by atoms with Crippen LogP contribution in [0.1, 0.15) is 19.3 Å². The second kappa shape index (κ2) is 4.31. The van der Waals surface area contributed by atoms with Gasteiger partial charge in [-0.25, -0.2) is 10.4 Å². The topological polar surface area (TPSA) is 57.1 Å². The first-order chi connectivity index (χ1) is 7.88. The number of hydrogen-bond acceptors (Lipinski definition) is 5. The first kappa shape index (κ1) is 10.5. The molecule has 0 unspecified atom stereocenters. The molecule has 2 N–H and O–H groups in total. The van der Waals surface area contributed by atoms with E-state index >= 15 is 0 Å². The fourth-order valence-electron chi connectivity index (χ4n) is 3.29. The van der Waals surface area contributed by atoms with Gasteiger partial charge in [0.05, 0.1) is 25.0 Å². The maximum absolute atomic E-state index is 9.09. The van der Waals surface area contributed by atoms with Crippen molar-refractivity contribution in [1.82, 2.24) is 10.4 Å². The molecule has 90 valence electrons. The van der Waals surface area contributed by atoms with Crippen LogP contribution in [-0.2, 0) is 4.74 Å². The zero-order chi connectivity index (χ0) is 11.0. The lowest BCUT2D eigenvalue weighted by atomic mass is 9.94. The molecule has 2 aliphatic carbocycles. The van der Waals surface area contributed by atoms with Gasteiger partial charge in [0, 0.05) is 19.0 Å². The Hall–Kier alpha value is -0.650. The highest BCUT2D eigenvalue weighted by atomic mass is 16.5. The molecule has 3 rings (SSSR count). The van der Waals surface area contributed by atoms with E-state index in [1.807, 2.05) is 0 Å². The number of morpholine rings is 1. The van der Waals surface area contributed by atoms with Crippen LogP contribution >= 0.6 is 0 Å². The first-order valence-electron chi connectivity index (χ1n) is 6.19. The van der Waals surface area contributed by atoms with E-state index in [9.17, 15) is 0 Å². The monoisotopic (exact) mass is 225 g/mol. The number of hydrazine groups is 1. The molecule has 0 spiro atoms. The predicted octanol–water partition coefficient (Wildman–Crippen LogP) is 0.452. The van der Waals surface area contributed by atoms with Gasteiger partial charge < -0.3 is 9.94 Å². The standard InChI is InChI=1S/C11H19N3O2/c15-13-11-9-2-1-8(7-9)10(11)12-14-3-5-16-6-4-14/h8-10,12,15H,1-7H2/b13-11+/t8-,9-,10+/m0/s1. The number of rotatable bonds is 2. The Bertz CT molecular complexity index is 289. The van der Waals surface area contributed by atoms with E-state index in [0.717, 1.165) is 32.0 Å². The van der Waals surface area contributed by atoms with Crippen molar-refractivity contribution in [2.45, 2.75) is 25.3 Å². The predicted molar refractivity (Wildman–Crippen MR) is 59.4 cm³/mol. The number of nitrogens with zero attached hydrogens (tertiary/aromatic N) is 2. The van der Waals surface area contributed by atoms with Gasteiger partial charge >= 0.3 is 0 Å². The molecule has 0 aromatic carbocycles. The van der Waals surface area contributed by atoms with Crippen LogP contribution in [0.25, 0.3) is 0 Å². The van der Waals surface area contributed by atoms with E-state index in [-0.39, 0.29) is 6.04 Å². The van der Waals surface area contributed by atoms with Crippen LogP contribution in [0.2, 0.25) is 0 Å². The van der Waals surface area contributed by atoms with E-state index in [2.05, 4.69) is 15.6 Å². The van der Waals surface area contributed by atoms with Crippen molar-refractivity contribution < 1.29 is 9.94 Å². The van der Waals surface area contributed by atoms with Gasteiger partial charge in [-0.15, -0.1) is 0 Å². The Morgan fingerprint density at radius 2 is 2.12 bits per heavy atom. The maximum Gasteiger partial charge on any atom is 0.0787 e. The molecule has 3 fully saturated rings. The molecule has 1 heterocycles. The van der Waals surface area contributed by atoms with Crippen LogP contribution in [0.5, 0.6) is 0 Å². The zero-order valence-electron chi connectivity index (χ0n) is 9.43. The minimum absolute atomic E-state index is 0.266. The maximum atomic E-state index is 9.09. The molecular weight excluding hydrogens is 206 g/mol. The molecule has 5 heteroatoms. The summed E-state index contributed by atoms with van der Waals surface area (Å²) >= 11 is 0. The summed E-state index contributed by atoms with van der Waals surface area (Å²) in [7, 11) is 0. The van der Waals surface area contributed by atoms with Gasteiger partial charge in [0.25, 0.3) is 0 Å². The summed E-state index contributed by atoms with van der Waals surface area (Å²) in [5.41, 5.74) is 4.49. The minimum Gasteiger partial charge on any atom is -0.411 e. The van der Waals surface area contributed by atoms with Crippen molar-refractivity contribution >= 4 is 5.71 Å². The molecule has 16 heavy (non-hydrogen) atoms. The van der Waals surface area contributed by atoms with Crippen LogP contribution in [0, 0.1) is 11.8 Å². The Kier molecular flexibility index (Phi) is 2.83. The van der Waals surface area contributed by atoms with Gasteiger partial charge in [-0.3, -0.25) is 0 Å². The zero-order valence-corrected chi connectivity index (χ0v) is 9.43. The average Bonchev–Trinajstić information content (AvgIpc) is 2.91. The van der Waals surface area contributed by atoms with Crippen molar-refractivity contribution in [1.29, 1.82) is 0 Å². The molecule has 5 nitrogen and oxygen atoms in total. The fourth-order valence-corrected chi connectivity index (χ4v) is 3.29. The smallest absolute Gasteiger partial charge is 0.0787 e. The second-order valence-corrected chi connectivity index (χ2v) is 5.00. The third kappa shape index (κ3) is 1.73. The quantitative estimate of drug-likeness (QED) is 0.529. The third-order valence-corrected chi connectivity index (χ3v) is 4.13. The van der Waals surface area contributed by atoms with Crippen molar-refractivity contribution in [3.05, 3.63) is 0 Å². The first-order valence-corrected chi connectivity index (χ1v) is 6.19. The second-order valence-electron chi connectivity index (χ2n) is 5.00. The summed E-state index contributed by atoms with van der Waals surface area (Å²) in [5.74, 6) is 1.19. The van der Waals surface area contributed by atoms with E-state index in [1.165, 1.54) is 19.3 Å². The lowest BCUT2D eigenvalue weighted by molar-refractivity contribution is 0.00499. The summed E-state index contributed by atoms with van der Waals surface area (Å²) in [5, 5.41) is 14.8.